The Bertz CT molecular complexity index is 1040. The molecule has 3 aromatic rings. The molecule has 0 radical (unpaired) electrons. The summed E-state index contributed by atoms with van der Waals surface area (Å²) >= 11 is 0. The summed E-state index contributed by atoms with van der Waals surface area (Å²) in [5.74, 6) is 1.32. The second kappa shape index (κ2) is 10.8. The highest BCUT2D eigenvalue weighted by molar-refractivity contribution is 5.66. The Morgan fingerprint density at radius 3 is 2.39 bits per heavy atom. The average Bonchev–Trinajstić information content (AvgIpc) is 3.50. The van der Waals surface area contributed by atoms with Crippen molar-refractivity contribution >= 4 is 6.08 Å². The third kappa shape index (κ3) is 5.51. The van der Waals surface area contributed by atoms with Gasteiger partial charge in [-0.1, -0.05) is 48.6 Å². The molecule has 7 heteroatoms. The summed E-state index contributed by atoms with van der Waals surface area (Å²) in [6.45, 7) is 2.67. The second-order valence-corrected chi connectivity index (χ2v) is 8.09. The molecule has 0 saturated carbocycles. The van der Waals surface area contributed by atoms with Crippen LogP contribution < -0.4 is 4.74 Å². The predicted octanol–water partition coefficient (Wildman–Crippen LogP) is 3.64. The van der Waals surface area contributed by atoms with Crippen molar-refractivity contribution in [2.75, 3.05) is 26.9 Å². The van der Waals surface area contributed by atoms with E-state index < -0.39 is 6.10 Å². The molecule has 0 spiro atoms. The fourth-order valence-corrected chi connectivity index (χ4v) is 3.92. The fourth-order valence-electron chi connectivity index (χ4n) is 3.92. The molecule has 7 nitrogen and oxygen atoms in total. The van der Waals surface area contributed by atoms with Crippen molar-refractivity contribution in [3.63, 3.8) is 0 Å². The van der Waals surface area contributed by atoms with Crippen molar-refractivity contribution in [3.05, 3.63) is 78.4 Å². The largest absolute Gasteiger partial charge is 0.485 e. The van der Waals surface area contributed by atoms with Crippen molar-refractivity contribution in [3.8, 4) is 16.9 Å². The van der Waals surface area contributed by atoms with Crippen LogP contribution in [0.3, 0.4) is 0 Å². The minimum Gasteiger partial charge on any atom is -0.485 e. The summed E-state index contributed by atoms with van der Waals surface area (Å²) in [7, 11) is 1.67. The van der Waals surface area contributed by atoms with Gasteiger partial charge in [0.15, 0.2) is 6.10 Å². The van der Waals surface area contributed by atoms with E-state index >= 15 is 0 Å². The van der Waals surface area contributed by atoms with Crippen molar-refractivity contribution < 1.29 is 24.4 Å². The highest BCUT2D eigenvalue weighted by Crippen LogP contribution is 2.25. The molecular weight excluding hydrogens is 420 g/mol. The third-order valence-corrected chi connectivity index (χ3v) is 5.79. The summed E-state index contributed by atoms with van der Waals surface area (Å²) in [6.07, 6.45) is 6.43. The molecule has 1 unspecified atom stereocenters. The first-order valence-electron chi connectivity index (χ1n) is 11.1. The highest BCUT2D eigenvalue weighted by Gasteiger charge is 2.29. The van der Waals surface area contributed by atoms with Crippen LogP contribution in [0.5, 0.6) is 5.75 Å². The normalized spacial score (nSPS) is 20.2. The lowest BCUT2D eigenvalue weighted by Crippen LogP contribution is -2.31. The van der Waals surface area contributed by atoms with E-state index in [4.69, 9.17) is 14.2 Å². The number of aliphatic hydroxyl groups excluding tert-OH is 2. The molecule has 2 N–H and O–H groups in total. The van der Waals surface area contributed by atoms with Gasteiger partial charge >= 0.3 is 0 Å². The van der Waals surface area contributed by atoms with Crippen LogP contribution in [0.4, 0.5) is 0 Å². The minimum absolute atomic E-state index is 0.0388. The van der Waals surface area contributed by atoms with Crippen LogP contribution in [-0.2, 0) is 9.47 Å². The Balaban J connectivity index is 1.41. The zero-order valence-corrected chi connectivity index (χ0v) is 18.9. The van der Waals surface area contributed by atoms with Gasteiger partial charge in [-0.25, -0.2) is 4.98 Å². The lowest BCUT2D eigenvalue weighted by Gasteiger charge is -2.18. The van der Waals surface area contributed by atoms with Crippen molar-refractivity contribution in [1.29, 1.82) is 0 Å². The first-order chi connectivity index (χ1) is 16.1. The summed E-state index contributed by atoms with van der Waals surface area (Å²) in [5, 5.41) is 19.7. The van der Waals surface area contributed by atoms with Gasteiger partial charge in [-0.05, 0) is 35.7 Å². The van der Waals surface area contributed by atoms with Gasteiger partial charge in [-0.3, -0.25) is 0 Å². The summed E-state index contributed by atoms with van der Waals surface area (Å²) in [5.41, 5.74) is 3.21. The van der Waals surface area contributed by atoms with Gasteiger partial charge in [0.05, 0.1) is 25.9 Å². The number of nitrogens with zero attached hydrogens (tertiary/aromatic N) is 2. The topological polar surface area (TPSA) is 86.0 Å². The van der Waals surface area contributed by atoms with E-state index in [0.717, 1.165) is 22.4 Å². The average molecular weight is 451 g/mol. The Morgan fingerprint density at radius 2 is 1.76 bits per heavy atom. The quantitative estimate of drug-likeness (QED) is 0.518. The number of rotatable bonds is 9. The molecule has 1 aliphatic rings. The molecule has 4 rings (SSSR count). The molecule has 33 heavy (non-hydrogen) atoms. The Morgan fingerprint density at radius 1 is 1.09 bits per heavy atom. The van der Waals surface area contributed by atoms with Crippen molar-refractivity contribution in [2.45, 2.75) is 31.3 Å². The van der Waals surface area contributed by atoms with E-state index in [1.54, 1.807) is 31.0 Å². The Labute approximate surface area is 193 Å². The van der Waals surface area contributed by atoms with Gasteiger partial charge in [0.25, 0.3) is 0 Å². The van der Waals surface area contributed by atoms with Crippen LogP contribution in [0.25, 0.3) is 17.2 Å². The monoisotopic (exact) mass is 450 g/mol. The van der Waals surface area contributed by atoms with E-state index in [0.29, 0.717) is 19.0 Å². The van der Waals surface area contributed by atoms with Crippen LogP contribution >= 0.6 is 0 Å². The molecule has 1 aliphatic heterocycles. The highest BCUT2D eigenvalue weighted by atomic mass is 16.6. The van der Waals surface area contributed by atoms with Gasteiger partial charge in [0.1, 0.15) is 23.8 Å². The van der Waals surface area contributed by atoms with Crippen LogP contribution in [-0.4, -0.2) is 58.9 Å². The molecular formula is C26H30N2O5. The van der Waals surface area contributed by atoms with E-state index in [-0.39, 0.29) is 24.9 Å². The molecule has 1 saturated heterocycles. The van der Waals surface area contributed by atoms with Crippen molar-refractivity contribution in [2.24, 2.45) is 0 Å². The number of ether oxygens (including phenoxy) is 3. The number of benzene rings is 2. The van der Waals surface area contributed by atoms with E-state index in [2.05, 4.69) is 17.1 Å². The second-order valence-electron chi connectivity index (χ2n) is 8.09. The van der Waals surface area contributed by atoms with Gasteiger partial charge < -0.3 is 29.0 Å². The van der Waals surface area contributed by atoms with Gasteiger partial charge in [-0.2, -0.15) is 0 Å². The van der Waals surface area contributed by atoms with Crippen molar-refractivity contribution in [1.82, 2.24) is 9.55 Å². The Kier molecular flexibility index (Phi) is 7.57. The number of hydrogen-bond donors (Lipinski definition) is 2. The van der Waals surface area contributed by atoms with E-state index in [1.807, 2.05) is 48.6 Å². The molecule has 1 aromatic heterocycles. The predicted molar refractivity (Wildman–Crippen MR) is 126 cm³/mol. The smallest absolute Gasteiger partial charge is 0.150 e. The number of hydrogen-bond acceptors (Lipinski definition) is 6. The zero-order valence-electron chi connectivity index (χ0n) is 18.9. The fraction of sp³-hybridized carbons (Fsp3) is 0.346. The molecule has 0 amide bonds. The molecule has 174 valence electrons. The zero-order chi connectivity index (χ0) is 23.2. The summed E-state index contributed by atoms with van der Waals surface area (Å²) in [4.78, 5) is 4.17. The maximum absolute atomic E-state index is 9.86. The van der Waals surface area contributed by atoms with Crippen LogP contribution in [0.15, 0.2) is 67.0 Å². The van der Waals surface area contributed by atoms with E-state index in [1.165, 1.54) is 0 Å². The molecule has 4 atom stereocenters. The molecule has 2 aromatic carbocycles. The molecule has 0 aliphatic carbocycles. The summed E-state index contributed by atoms with van der Waals surface area (Å²) in [6, 6.07) is 15.9. The number of methoxy groups -OCH3 is 1. The first kappa shape index (κ1) is 23.2. The van der Waals surface area contributed by atoms with E-state index in [9.17, 15) is 10.2 Å². The minimum atomic E-state index is -0.702. The van der Waals surface area contributed by atoms with Gasteiger partial charge in [0.2, 0.25) is 0 Å². The Hall–Kier alpha value is -2.97. The SMILES string of the molecule is COC1COC[C@@H]1Oc1ccc(-c2ccc(/C=C/[C@@H](CO)n3ccnc3[C@H](C)O)cc2)cc1. The van der Waals surface area contributed by atoms with Gasteiger partial charge in [0, 0.05) is 19.5 Å². The van der Waals surface area contributed by atoms with Crippen LogP contribution in [0.2, 0.25) is 0 Å². The molecule has 0 bridgehead atoms. The number of imidazole rings is 1. The lowest BCUT2D eigenvalue weighted by atomic mass is 10.0. The van der Waals surface area contributed by atoms with Gasteiger partial charge in [-0.15, -0.1) is 0 Å². The van der Waals surface area contributed by atoms with Crippen LogP contribution in [0.1, 0.15) is 30.5 Å². The maximum Gasteiger partial charge on any atom is 0.150 e. The first-order valence-corrected chi connectivity index (χ1v) is 11.1. The number of aliphatic hydroxyl groups is 2. The lowest BCUT2D eigenvalue weighted by molar-refractivity contribution is 0.0326. The number of aromatic nitrogens is 2. The molecule has 1 fully saturated rings. The standard InChI is InChI=1S/C26H30N2O5/c1-18(30)26-27-13-14-28(26)22(15-29)10-5-19-3-6-20(7-4-19)21-8-11-23(12-9-21)33-25-17-32-16-24(25)31-2/h3-14,18,22,24-25,29-30H,15-17H2,1-2H3/b10-5+/t18-,22-,24?,25-/m0/s1. The summed E-state index contributed by atoms with van der Waals surface area (Å²) < 4.78 is 18.6. The maximum atomic E-state index is 9.86. The molecule has 2 heterocycles. The van der Waals surface area contributed by atoms with Crippen LogP contribution in [0, 0.1) is 0 Å². The third-order valence-electron chi connectivity index (χ3n) is 5.79.